The fraction of sp³-hybridized carbons (Fsp3) is 0.333. The molecule has 0 bridgehead atoms. The maximum atomic E-state index is 13.4. The van der Waals surface area contributed by atoms with Crippen molar-refractivity contribution in [3.8, 4) is 21.8 Å². The zero-order valence-corrected chi connectivity index (χ0v) is 19.6. The van der Waals surface area contributed by atoms with Gasteiger partial charge in [0.15, 0.2) is 5.65 Å². The molecule has 10 heteroatoms. The average molecular weight is 476 g/mol. The number of likely N-dealkylation sites (tertiary alicyclic amines) is 1. The summed E-state index contributed by atoms with van der Waals surface area (Å²) in [6, 6.07) is 9.76. The Kier molecular flexibility index (Phi) is 5.28. The molecule has 174 valence electrons. The molecular formula is C24H25N7O2S. The average Bonchev–Trinajstić information content (AvgIpc) is 3.58. The minimum atomic E-state index is -0.0228. The zero-order chi connectivity index (χ0) is 23.2. The number of pyridine rings is 1. The van der Waals surface area contributed by atoms with Crippen molar-refractivity contribution < 1.29 is 9.53 Å². The number of hydrogen-bond donors (Lipinski definition) is 1. The van der Waals surface area contributed by atoms with Crippen molar-refractivity contribution in [3.63, 3.8) is 0 Å². The van der Waals surface area contributed by atoms with Gasteiger partial charge in [0, 0.05) is 51.1 Å². The maximum absolute atomic E-state index is 13.4. The highest BCUT2D eigenvalue weighted by Gasteiger charge is 2.30. The predicted octanol–water partition coefficient (Wildman–Crippen LogP) is 2.53. The molecule has 0 aliphatic carbocycles. The summed E-state index contributed by atoms with van der Waals surface area (Å²) >= 11 is 1.64. The van der Waals surface area contributed by atoms with Crippen LogP contribution in [0.2, 0.25) is 0 Å². The van der Waals surface area contributed by atoms with Gasteiger partial charge in [0.1, 0.15) is 5.82 Å². The molecular weight excluding hydrogens is 450 g/mol. The van der Waals surface area contributed by atoms with Crippen LogP contribution in [0.4, 0.5) is 5.82 Å². The van der Waals surface area contributed by atoms with E-state index in [1.54, 1.807) is 29.2 Å². The van der Waals surface area contributed by atoms with Crippen LogP contribution in [-0.2, 0) is 4.74 Å². The molecule has 2 fully saturated rings. The van der Waals surface area contributed by atoms with Gasteiger partial charge in [0.05, 0.1) is 34.1 Å². The van der Waals surface area contributed by atoms with Gasteiger partial charge in [0.25, 0.3) is 5.91 Å². The van der Waals surface area contributed by atoms with E-state index in [4.69, 9.17) is 20.4 Å². The molecule has 6 heterocycles. The topological polar surface area (TPSA) is 102 Å². The standard InChI is InChI=1S/C24H25N7O2S/c1-33-17-13-30(14-17)22-10-15(24(32)29-6-4-16(25)12-29)9-20(27-22)18-11-26-31-7-5-19(28-23(18)31)21-3-2-8-34-21/h2-3,5,7-11,16-17H,4,6,12-14,25H2,1H3. The summed E-state index contributed by atoms with van der Waals surface area (Å²) in [6.45, 7) is 2.73. The summed E-state index contributed by atoms with van der Waals surface area (Å²) in [5, 5.41) is 6.52. The third-order valence-corrected chi connectivity index (χ3v) is 7.39. The highest BCUT2D eigenvalue weighted by Crippen LogP contribution is 2.31. The SMILES string of the molecule is COC1CN(c2cc(C(=O)N3CCC(N)C3)cc(-c3cnn4ccc(-c5cccs5)nc34)n2)C1. The minimum Gasteiger partial charge on any atom is -0.378 e. The van der Waals surface area contributed by atoms with Gasteiger partial charge < -0.3 is 20.3 Å². The molecule has 6 rings (SSSR count). The van der Waals surface area contributed by atoms with E-state index in [1.807, 2.05) is 46.8 Å². The molecule has 0 spiro atoms. The molecule has 0 saturated carbocycles. The van der Waals surface area contributed by atoms with Crippen LogP contribution in [0.1, 0.15) is 16.8 Å². The lowest BCUT2D eigenvalue weighted by molar-refractivity contribution is 0.0780. The molecule has 2 aliphatic heterocycles. The highest BCUT2D eigenvalue weighted by molar-refractivity contribution is 7.13. The number of fused-ring (bicyclic) bond motifs is 1. The number of hydrogen-bond acceptors (Lipinski definition) is 8. The van der Waals surface area contributed by atoms with Crippen molar-refractivity contribution in [3.05, 3.63) is 53.7 Å². The smallest absolute Gasteiger partial charge is 0.254 e. The molecule has 1 unspecified atom stereocenters. The third-order valence-electron chi connectivity index (χ3n) is 6.49. The first-order valence-corrected chi connectivity index (χ1v) is 12.2. The van der Waals surface area contributed by atoms with Crippen LogP contribution >= 0.6 is 11.3 Å². The maximum Gasteiger partial charge on any atom is 0.254 e. The fourth-order valence-corrected chi connectivity index (χ4v) is 5.17. The van der Waals surface area contributed by atoms with Gasteiger partial charge in [-0.3, -0.25) is 4.79 Å². The second kappa shape index (κ2) is 8.46. The van der Waals surface area contributed by atoms with Crippen LogP contribution in [-0.4, -0.2) is 75.8 Å². The lowest BCUT2D eigenvalue weighted by Gasteiger charge is -2.39. The van der Waals surface area contributed by atoms with Crippen molar-refractivity contribution in [2.24, 2.45) is 5.73 Å². The Morgan fingerprint density at radius 1 is 1.18 bits per heavy atom. The number of carbonyl (C=O) groups is 1. The molecule has 0 radical (unpaired) electrons. The number of methoxy groups -OCH3 is 1. The van der Waals surface area contributed by atoms with Crippen LogP contribution in [0.5, 0.6) is 0 Å². The summed E-state index contributed by atoms with van der Waals surface area (Å²) in [7, 11) is 1.72. The predicted molar refractivity (Wildman–Crippen MR) is 131 cm³/mol. The van der Waals surface area contributed by atoms with E-state index in [9.17, 15) is 4.79 Å². The number of thiophene rings is 1. The Morgan fingerprint density at radius 3 is 2.79 bits per heavy atom. The van der Waals surface area contributed by atoms with Gasteiger partial charge in [-0.1, -0.05) is 6.07 Å². The molecule has 4 aromatic heterocycles. The molecule has 0 aromatic carbocycles. The fourth-order valence-electron chi connectivity index (χ4n) is 4.48. The van der Waals surface area contributed by atoms with Crippen molar-refractivity contribution >= 4 is 28.7 Å². The number of nitrogens with zero attached hydrogens (tertiary/aromatic N) is 6. The Bertz CT molecular complexity index is 1350. The summed E-state index contributed by atoms with van der Waals surface area (Å²) < 4.78 is 7.18. The Morgan fingerprint density at radius 2 is 2.06 bits per heavy atom. The van der Waals surface area contributed by atoms with E-state index in [1.165, 1.54) is 0 Å². The van der Waals surface area contributed by atoms with Gasteiger partial charge in [-0.15, -0.1) is 11.3 Å². The van der Waals surface area contributed by atoms with Gasteiger partial charge in [-0.25, -0.2) is 14.5 Å². The molecule has 2 aliphatic rings. The van der Waals surface area contributed by atoms with Crippen LogP contribution < -0.4 is 10.6 Å². The van der Waals surface area contributed by atoms with Crippen molar-refractivity contribution in [2.75, 3.05) is 38.2 Å². The Balaban J connectivity index is 1.43. The van der Waals surface area contributed by atoms with E-state index in [-0.39, 0.29) is 18.1 Å². The Labute approximate surface area is 200 Å². The number of amides is 1. The summed E-state index contributed by atoms with van der Waals surface area (Å²) in [5.41, 5.74) is 9.71. The molecule has 2 N–H and O–H groups in total. The van der Waals surface area contributed by atoms with Crippen LogP contribution in [0.15, 0.2) is 48.1 Å². The van der Waals surface area contributed by atoms with Crippen LogP contribution in [0, 0.1) is 0 Å². The van der Waals surface area contributed by atoms with Crippen LogP contribution in [0.3, 0.4) is 0 Å². The van der Waals surface area contributed by atoms with Crippen molar-refractivity contribution in [1.29, 1.82) is 0 Å². The first-order valence-electron chi connectivity index (χ1n) is 11.3. The van der Waals surface area contributed by atoms with Gasteiger partial charge in [-0.2, -0.15) is 5.10 Å². The number of nitrogens with two attached hydrogens (primary N) is 1. The Hall–Kier alpha value is -3.34. The van der Waals surface area contributed by atoms with E-state index in [2.05, 4.69) is 10.00 Å². The largest absolute Gasteiger partial charge is 0.378 e. The van der Waals surface area contributed by atoms with E-state index >= 15 is 0 Å². The van der Waals surface area contributed by atoms with E-state index in [0.29, 0.717) is 30.0 Å². The third kappa shape index (κ3) is 3.73. The van der Waals surface area contributed by atoms with Gasteiger partial charge >= 0.3 is 0 Å². The molecule has 1 amide bonds. The molecule has 9 nitrogen and oxygen atoms in total. The van der Waals surface area contributed by atoms with Crippen molar-refractivity contribution in [2.45, 2.75) is 18.6 Å². The lowest BCUT2D eigenvalue weighted by atomic mass is 10.1. The minimum absolute atomic E-state index is 0.0228. The number of anilines is 1. The van der Waals surface area contributed by atoms with Crippen LogP contribution in [0.25, 0.3) is 27.5 Å². The van der Waals surface area contributed by atoms with Gasteiger partial charge in [0.2, 0.25) is 0 Å². The summed E-state index contributed by atoms with van der Waals surface area (Å²) in [4.78, 5) is 28.2. The second-order valence-electron chi connectivity index (χ2n) is 8.78. The summed E-state index contributed by atoms with van der Waals surface area (Å²) in [6.07, 6.45) is 4.66. The molecule has 1 atom stereocenters. The normalized spacial score (nSPS) is 18.6. The van der Waals surface area contributed by atoms with Crippen molar-refractivity contribution in [1.82, 2.24) is 24.5 Å². The number of carbonyl (C=O) groups excluding carboxylic acids is 1. The summed E-state index contributed by atoms with van der Waals surface area (Å²) in [5.74, 6) is 0.733. The number of aromatic nitrogens is 4. The van der Waals surface area contributed by atoms with E-state index in [0.717, 1.165) is 41.5 Å². The monoisotopic (exact) mass is 475 g/mol. The van der Waals surface area contributed by atoms with Gasteiger partial charge in [-0.05, 0) is 36.1 Å². The number of ether oxygens (including phenoxy) is 1. The zero-order valence-electron chi connectivity index (χ0n) is 18.8. The second-order valence-corrected chi connectivity index (χ2v) is 9.73. The number of rotatable bonds is 5. The molecule has 2 saturated heterocycles. The highest BCUT2D eigenvalue weighted by atomic mass is 32.1. The quantitative estimate of drug-likeness (QED) is 0.473. The lowest BCUT2D eigenvalue weighted by Crippen LogP contribution is -2.52. The first kappa shape index (κ1) is 21.2. The molecule has 34 heavy (non-hydrogen) atoms. The van der Waals surface area contributed by atoms with E-state index < -0.39 is 0 Å². The first-order chi connectivity index (χ1) is 16.6. The molecule has 4 aromatic rings.